The van der Waals surface area contributed by atoms with E-state index in [0.29, 0.717) is 5.02 Å². The van der Waals surface area contributed by atoms with Gasteiger partial charge in [-0.3, -0.25) is 4.79 Å². The molecule has 20 heavy (non-hydrogen) atoms. The lowest BCUT2D eigenvalue weighted by molar-refractivity contribution is -0.137. The zero-order valence-corrected chi connectivity index (χ0v) is 12.8. The molecule has 1 aromatic rings. The molecule has 0 radical (unpaired) electrons. The molecule has 2 N–H and O–H groups in total. The monoisotopic (exact) mass is 297 g/mol. The minimum atomic E-state index is -0.759. The Balaban J connectivity index is 2.42. The summed E-state index contributed by atoms with van der Waals surface area (Å²) in [5.74, 6) is -0.759. The van der Waals surface area contributed by atoms with E-state index in [0.717, 1.165) is 24.9 Å². The van der Waals surface area contributed by atoms with Crippen LogP contribution in [0.25, 0.3) is 0 Å². The molecule has 0 aliphatic heterocycles. The summed E-state index contributed by atoms with van der Waals surface area (Å²) in [6.45, 7) is 3.06. The third-order valence-corrected chi connectivity index (χ3v) is 3.53. The molecule has 0 aliphatic rings. The minimum absolute atomic E-state index is 0.0182. The molecule has 0 bridgehead atoms. The second kappa shape index (κ2) is 9.78. The Morgan fingerprint density at radius 1 is 1.25 bits per heavy atom. The van der Waals surface area contributed by atoms with E-state index in [1.165, 1.54) is 19.3 Å². The Labute approximate surface area is 126 Å². The normalized spacial score (nSPS) is 12.3. The Morgan fingerprint density at radius 3 is 2.55 bits per heavy atom. The van der Waals surface area contributed by atoms with Crippen molar-refractivity contribution in [2.45, 2.75) is 51.5 Å². The number of rotatable bonds is 10. The summed E-state index contributed by atoms with van der Waals surface area (Å²) in [6.07, 6.45) is 5.62. The number of unbranched alkanes of at least 4 members (excludes halogenated alkanes) is 3. The maximum atomic E-state index is 10.9. The molecule has 0 saturated heterocycles. The van der Waals surface area contributed by atoms with Gasteiger partial charge >= 0.3 is 5.97 Å². The highest BCUT2D eigenvalue weighted by molar-refractivity contribution is 6.30. The van der Waals surface area contributed by atoms with Gasteiger partial charge in [-0.2, -0.15) is 0 Å². The number of carboxylic acid groups (broad SMARTS) is 1. The molecular weight excluding hydrogens is 274 g/mol. The zero-order chi connectivity index (χ0) is 14.8. The Kier molecular flexibility index (Phi) is 8.31. The predicted octanol–water partition coefficient (Wildman–Crippen LogP) is 3.90. The first-order chi connectivity index (χ1) is 9.61. The van der Waals surface area contributed by atoms with Gasteiger partial charge < -0.3 is 10.4 Å². The van der Waals surface area contributed by atoms with Gasteiger partial charge in [-0.25, -0.2) is 0 Å². The lowest BCUT2D eigenvalue weighted by Crippen LogP contribution is -2.34. The number of aliphatic carboxylic acids is 1. The molecule has 1 rings (SSSR count). The van der Waals surface area contributed by atoms with Crippen molar-refractivity contribution in [1.82, 2.24) is 5.32 Å². The van der Waals surface area contributed by atoms with Gasteiger partial charge in [0.15, 0.2) is 0 Å². The molecule has 3 nitrogen and oxygen atoms in total. The number of hydrogen-bond donors (Lipinski definition) is 2. The van der Waals surface area contributed by atoms with Gasteiger partial charge in [0.05, 0.1) is 6.42 Å². The second-order valence-electron chi connectivity index (χ2n) is 5.14. The smallest absolute Gasteiger partial charge is 0.304 e. The Hall–Kier alpha value is -1.06. The van der Waals surface area contributed by atoms with Crippen LogP contribution in [-0.2, 0) is 11.2 Å². The maximum Gasteiger partial charge on any atom is 0.304 e. The first kappa shape index (κ1) is 17.0. The lowest BCUT2D eigenvalue weighted by Gasteiger charge is -2.17. The fourth-order valence-electron chi connectivity index (χ4n) is 2.19. The van der Waals surface area contributed by atoms with E-state index < -0.39 is 5.97 Å². The van der Waals surface area contributed by atoms with Gasteiger partial charge in [0.2, 0.25) is 0 Å². The average Bonchev–Trinajstić information content (AvgIpc) is 2.40. The van der Waals surface area contributed by atoms with Crippen LogP contribution in [0.1, 0.15) is 44.6 Å². The van der Waals surface area contributed by atoms with Crippen LogP contribution in [0, 0.1) is 0 Å². The fraction of sp³-hybridized carbons (Fsp3) is 0.562. The molecule has 1 unspecified atom stereocenters. The van der Waals surface area contributed by atoms with Crippen molar-refractivity contribution in [3.63, 3.8) is 0 Å². The minimum Gasteiger partial charge on any atom is -0.481 e. The van der Waals surface area contributed by atoms with Crippen LogP contribution in [0.5, 0.6) is 0 Å². The molecule has 0 fully saturated rings. The molecule has 0 aromatic heterocycles. The van der Waals surface area contributed by atoms with Crippen molar-refractivity contribution < 1.29 is 9.90 Å². The molecule has 0 amide bonds. The number of benzene rings is 1. The number of carbonyl (C=O) groups is 1. The summed E-state index contributed by atoms with van der Waals surface area (Å²) in [4.78, 5) is 10.9. The number of nitrogens with one attached hydrogen (secondary N) is 1. The van der Waals surface area contributed by atoms with Crippen LogP contribution in [0.15, 0.2) is 24.3 Å². The van der Waals surface area contributed by atoms with Crippen molar-refractivity contribution in [2.75, 3.05) is 6.54 Å². The van der Waals surface area contributed by atoms with Crippen LogP contribution in [-0.4, -0.2) is 23.7 Å². The zero-order valence-electron chi connectivity index (χ0n) is 12.1. The SMILES string of the molecule is CCCCCCNC(CC(=O)O)Cc1ccc(Cl)cc1. The molecule has 0 saturated carbocycles. The van der Waals surface area contributed by atoms with Crippen LogP contribution >= 0.6 is 11.6 Å². The van der Waals surface area contributed by atoms with Crippen molar-refractivity contribution in [3.8, 4) is 0 Å². The van der Waals surface area contributed by atoms with E-state index in [9.17, 15) is 4.79 Å². The van der Waals surface area contributed by atoms with E-state index in [-0.39, 0.29) is 12.5 Å². The number of halogens is 1. The lowest BCUT2D eigenvalue weighted by atomic mass is 10.0. The van der Waals surface area contributed by atoms with Crippen molar-refractivity contribution in [2.24, 2.45) is 0 Å². The maximum absolute atomic E-state index is 10.9. The molecule has 1 atom stereocenters. The van der Waals surface area contributed by atoms with Crippen LogP contribution < -0.4 is 5.32 Å². The van der Waals surface area contributed by atoms with Gasteiger partial charge in [-0.05, 0) is 37.1 Å². The summed E-state index contributed by atoms with van der Waals surface area (Å²) in [5, 5.41) is 13.0. The summed E-state index contributed by atoms with van der Waals surface area (Å²) >= 11 is 5.85. The predicted molar refractivity (Wildman–Crippen MR) is 83.3 cm³/mol. The van der Waals surface area contributed by atoms with E-state index >= 15 is 0 Å². The van der Waals surface area contributed by atoms with E-state index in [1.807, 2.05) is 24.3 Å². The summed E-state index contributed by atoms with van der Waals surface area (Å²) in [5.41, 5.74) is 1.11. The second-order valence-corrected chi connectivity index (χ2v) is 5.58. The molecule has 0 spiro atoms. The van der Waals surface area contributed by atoms with Gasteiger partial charge in [-0.1, -0.05) is 49.9 Å². The highest BCUT2D eigenvalue weighted by Crippen LogP contribution is 2.12. The largest absolute Gasteiger partial charge is 0.481 e. The average molecular weight is 298 g/mol. The van der Waals surface area contributed by atoms with E-state index in [2.05, 4.69) is 12.2 Å². The molecule has 0 heterocycles. The third kappa shape index (κ3) is 7.51. The highest BCUT2D eigenvalue weighted by atomic mass is 35.5. The molecule has 4 heteroatoms. The molecule has 1 aromatic carbocycles. The van der Waals surface area contributed by atoms with Gasteiger partial charge in [0, 0.05) is 11.1 Å². The summed E-state index contributed by atoms with van der Waals surface area (Å²) < 4.78 is 0. The van der Waals surface area contributed by atoms with Crippen molar-refractivity contribution in [1.29, 1.82) is 0 Å². The Morgan fingerprint density at radius 2 is 1.95 bits per heavy atom. The van der Waals surface area contributed by atoms with Crippen LogP contribution in [0.3, 0.4) is 0 Å². The fourth-order valence-corrected chi connectivity index (χ4v) is 2.32. The standard InChI is InChI=1S/C16H24ClNO2/c1-2-3-4-5-10-18-15(12-16(19)20)11-13-6-8-14(17)9-7-13/h6-9,15,18H,2-5,10-12H2,1H3,(H,19,20). The molecule has 0 aliphatic carbocycles. The van der Waals surface area contributed by atoms with Crippen molar-refractivity contribution in [3.05, 3.63) is 34.9 Å². The molecule has 112 valence electrons. The van der Waals surface area contributed by atoms with Gasteiger partial charge in [0.1, 0.15) is 0 Å². The van der Waals surface area contributed by atoms with Crippen molar-refractivity contribution >= 4 is 17.6 Å². The van der Waals surface area contributed by atoms with E-state index in [4.69, 9.17) is 16.7 Å². The molecular formula is C16H24ClNO2. The third-order valence-electron chi connectivity index (χ3n) is 3.28. The van der Waals surface area contributed by atoms with E-state index in [1.54, 1.807) is 0 Å². The summed E-state index contributed by atoms with van der Waals surface area (Å²) in [7, 11) is 0. The van der Waals surface area contributed by atoms with Gasteiger partial charge in [0.25, 0.3) is 0 Å². The van der Waals surface area contributed by atoms with Crippen LogP contribution in [0.2, 0.25) is 5.02 Å². The first-order valence-electron chi connectivity index (χ1n) is 7.31. The topological polar surface area (TPSA) is 49.3 Å². The van der Waals surface area contributed by atoms with Crippen LogP contribution in [0.4, 0.5) is 0 Å². The quantitative estimate of drug-likeness (QED) is 0.644. The summed E-state index contributed by atoms with van der Waals surface area (Å²) in [6, 6.07) is 7.58. The first-order valence-corrected chi connectivity index (χ1v) is 7.69. The number of carboxylic acids is 1. The number of hydrogen-bond acceptors (Lipinski definition) is 2. The van der Waals surface area contributed by atoms with Gasteiger partial charge in [-0.15, -0.1) is 0 Å². The highest BCUT2D eigenvalue weighted by Gasteiger charge is 2.13. The Bertz CT molecular complexity index is 392.